The summed E-state index contributed by atoms with van der Waals surface area (Å²) < 4.78 is 0. The zero-order valence-corrected chi connectivity index (χ0v) is 27.8. The predicted molar refractivity (Wildman–Crippen MR) is 189 cm³/mol. The maximum Gasteiger partial charge on any atom is 0.228 e. The van der Waals surface area contributed by atoms with E-state index in [9.17, 15) is 14.4 Å². The lowest BCUT2D eigenvalue weighted by Gasteiger charge is -2.27. The third kappa shape index (κ3) is 8.38. The number of rotatable bonds is 13. The Morgan fingerprint density at radius 1 is 0.917 bits per heavy atom. The van der Waals surface area contributed by atoms with E-state index >= 15 is 0 Å². The molecule has 3 aromatic carbocycles. The number of nitrogens with two attached hydrogens (primary N) is 1. The Hall–Kier alpha value is -4.34. The minimum Gasteiger partial charge on any atom is -0.330 e. The maximum absolute atomic E-state index is 13.7. The first kappa shape index (κ1) is 33.6. The Balaban J connectivity index is 1.14. The molecule has 1 amide bonds. The molecule has 1 aliphatic carbocycles. The van der Waals surface area contributed by atoms with Gasteiger partial charge in [-0.05, 0) is 130 Å². The van der Waals surface area contributed by atoms with Crippen LogP contribution in [-0.4, -0.2) is 49.6 Å². The van der Waals surface area contributed by atoms with Crippen LogP contribution in [0.5, 0.6) is 0 Å². The largest absolute Gasteiger partial charge is 0.330 e. The van der Waals surface area contributed by atoms with Crippen molar-refractivity contribution in [2.24, 2.45) is 44.6 Å². The molecule has 0 aromatic heterocycles. The van der Waals surface area contributed by atoms with Gasteiger partial charge in [0.15, 0.2) is 18.3 Å². The number of azo groups is 1. The Bertz CT molecular complexity index is 1670. The summed E-state index contributed by atoms with van der Waals surface area (Å²) in [4.78, 5) is 44.4. The van der Waals surface area contributed by atoms with E-state index in [1.54, 1.807) is 0 Å². The van der Waals surface area contributed by atoms with Crippen LogP contribution >= 0.6 is 0 Å². The van der Waals surface area contributed by atoms with Crippen LogP contribution in [0, 0.1) is 30.6 Å². The van der Waals surface area contributed by atoms with Gasteiger partial charge in [0, 0.05) is 41.5 Å². The van der Waals surface area contributed by atoms with Crippen molar-refractivity contribution in [3.8, 4) is 11.1 Å². The molecule has 3 aliphatic rings. The third-order valence-corrected chi connectivity index (χ3v) is 10.2. The van der Waals surface area contributed by atoms with Crippen molar-refractivity contribution in [2.75, 3.05) is 31.6 Å². The number of amides is 1. The fourth-order valence-electron chi connectivity index (χ4n) is 7.25. The van der Waals surface area contributed by atoms with Crippen molar-refractivity contribution < 1.29 is 14.4 Å². The molecule has 9 nitrogen and oxygen atoms in total. The van der Waals surface area contributed by atoms with Gasteiger partial charge in [-0.25, -0.2) is 4.99 Å². The molecule has 1 saturated heterocycles. The first-order valence-corrected chi connectivity index (χ1v) is 17.4. The molecule has 3 aromatic rings. The quantitative estimate of drug-likeness (QED) is 0.181. The Morgan fingerprint density at radius 2 is 1.67 bits per heavy atom. The fourth-order valence-corrected chi connectivity index (χ4v) is 7.25. The van der Waals surface area contributed by atoms with Gasteiger partial charge in [-0.2, -0.15) is 5.11 Å². The Kier molecular flexibility index (Phi) is 11.0. The molecule has 0 bridgehead atoms. The zero-order valence-electron chi connectivity index (χ0n) is 27.8. The van der Waals surface area contributed by atoms with E-state index in [-0.39, 0.29) is 29.8 Å². The molecule has 0 radical (unpaired) electrons. The van der Waals surface area contributed by atoms with E-state index in [2.05, 4.69) is 38.0 Å². The number of ketones is 2. The van der Waals surface area contributed by atoms with Gasteiger partial charge in [-0.15, -0.1) is 5.11 Å². The molecule has 250 valence electrons. The number of anilines is 1. The van der Waals surface area contributed by atoms with Crippen LogP contribution in [0.3, 0.4) is 0 Å². The third-order valence-electron chi connectivity index (χ3n) is 10.2. The minimum absolute atomic E-state index is 0.0150. The second-order valence-corrected chi connectivity index (χ2v) is 13.7. The number of hydrogen-bond donors (Lipinski definition) is 3. The Morgan fingerprint density at radius 3 is 2.31 bits per heavy atom. The van der Waals surface area contributed by atoms with E-state index in [0.29, 0.717) is 49.4 Å². The van der Waals surface area contributed by atoms with Crippen LogP contribution in [0.1, 0.15) is 72.0 Å². The number of Topliss-reactive ketones (excluding diaryl/α,β-unsaturated/α-hetero) is 2. The summed E-state index contributed by atoms with van der Waals surface area (Å²) in [7, 11) is 0. The molecule has 2 atom stereocenters. The molecule has 1 saturated carbocycles. The predicted octanol–water partition coefficient (Wildman–Crippen LogP) is 6.54. The van der Waals surface area contributed by atoms with Crippen molar-refractivity contribution >= 4 is 29.0 Å². The van der Waals surface area contributed by atoms with Crippen LogP contribution < -0.4 is 16.4 Å². The average molecular weight is 647 g/mol. The summed E-state index contributed by atoms with van der Waals surface area (Å²) in [5.41, 5.74) is 12.3. The number of carbonyl (C=O) groups is 3. The first-order valence-electron chi connectivity index (χ1n) is 17.4. The minimum atomic E-state index is -0.509. The molecule has 9 heteroatoms. The number of benzene rings is 3. The number of aliphatic imine (C=N–C) groups is 1. The van der Waals surface area contributed by atoms with Crippen molar-refractivity contribution in [1.29, 1.82) is 0 Å². The summed E-state index contributed by atoms with van der Waals surface area (Å²) in [6.07, 6.45) is 5.91. The van der Waals surface area contributed by atoms with Crippen LogP contribution in [0.2, 0.25) is 0 Å². The topological polar surface area (TPSA) is 138 Å². The highest BCUT2D eigenvalue weighted by atomic mass is 16.2. The average Bonchev–Trinajstić information content (AvgIpc) is 3.84. The first-order chi connectivity index (χ1) is 23.4. The summed E-state index contributed by atoms with van der Waals surface area (Å²) in [6.45, 7) is 4.95. The maximum atomic E-state index is 13.7. The number of amidine groups is 1. The Labute approximate surface area is 282 Å². The van der Waals surface area contributed by atoms with E-state index in [1.807, 2.05) is 61.5 Å². The summed E-state index contributed by atoms with van der Waals surface area (Å²) >= 11 is 0. The van der Waals surface area contributed by atoms with Gasteiger partial charge in [0.2, 0.25) is 5.91 Å². The molecule has 2 aliphatic heterocycles. The van der Waals surface area contributed by atoms with E-state index in [1.165, 1.54) is 0 Å². The fraction of sp³-hybridized carbons (Fsp3) is 0.436. The van der Waals surface area contributed by atoms with Crippen molar-refractivity contribution in [3.63, 3.8) is 0 Å². The zero-order chi connectivity index (χ0) is 33.5. The number of nitrogens with one attached hydrogen (secondary N) is 2. The molecule has 4 N–H and O–H groups in total. The molecule has 0 unspecified atom stereocenters. The van der Waals surface area contributed by atoms with Gasteiger partial charge < -0.3 is 16.4 Å². The number of hydrogen-bond acceptors (Lipinski definition) is 8. The SMILES string of the molecule is Cc1cc(C(=O)C[C@H]2CCNC2)ccc1-c1ccc(C[C@H](CC(=O)C2CCC(CN)CC2)C(=O)Nc2ccc(C3=NCN=N3)cc2)cc1. The van der Waals surface area contributed by atoms with Gasteiger partial charge in [0.1, 0.15) is 5.78 Å². The number of carbonyl (C=O) groups excluding carboxylic acids is 3. The van der Waals surface area contributed by atoms with Gasteiger partial charge in [-0.1, -0.05) is 36.4 Å². The lowest BCUT2D eigenvalue weighted by molar-refractivity contribution is -0.129. The van der Waals surface area contributed by atoms with Crippen LogP contribution in [0.25, 0.3) is 11.1 Å². The number of aryl methyl sites for hydroxylation is 1. The second kappa shape index (κ2) is 15.7. The smallest absolute Gasteiger partial charge is 0.228 e. The monoisotopic (exact) mass is 646 g/mol. The van der Waals surface area contributed by atoms with Crippen LogP contribution in [0.15, 0.2) is 82.0 Å². The molecular formula is C39H46N6O3. The van der Waals surface area contributed by atoms with E-state index < -0.39 is 5.92 Å². The molecular weight excluding hydrogens is 600 g/mol. The van der Waals surface area contributed by atoms with Crippen molar-refractivity contribution in [1.82, 2.24) is 5.32 Å². The highest BCUT2D eigenvalue weighted by Gasteiger charge is 2.30. The van der Waals surface area contributed by atoms with Crippen LogP contribution in [-0.2, 0) is 16.0 Å². The van der Waals surface area contributed by atoms with Gasteiger partial charge in [-0.3, -0.25) is 14.4 Å². The molecule has 6 rings (SSSR count). The molecule has 0 spiro atoms. The molecule has 2 heterocycles. The summed E-state index contributed by atoms with van der Waals surface area (Å²) in [6, 6.07) is 21.6. The van der Waals surface area contributed by atoms with Gasteiger partial charge in [0.05, 0.1) is 0 Å². The van der Waals surface area contributed by atoms with Crippen molar-refractivity contribution in [3.05, 3.63) is 89.0 Å². The van der Waals surface area contributed by atoms with E-state index in [4.69, 9.17) is 5.73 Å². The second-order valence-electron chi connectivity index (χ2n) is 13.7. The highest BCUT2D eigenvalue weighted by molar-refractivity contribution is 6.01. The van der Waals surface area contributed by atoms with E-state index in [0.717, 1.165) is 78.6 Å². The number of nitrogens with zero attached hydrogens (tertiary/aromatic N) is 3. The normalized spacial score (nSPS) is 21.1. The van der Waals surface area contributed by atoms with Gasteiger partial charge in [0.25, 0.3) is 0 Å². The molecule has 48 heavy (non-hydrogen) atoms. The molecule has 2 fully saturated rings. The lowest BCUT2D eigenvalue weighted by atomic mass is 9.77. The summed E-state index contributed by atoms with van der Waals surface area (Å²) in [5, 5.41) is 14.3. The standard InChI is InChI=1S/C39H46N6O3/c1-25-18-32(36(46)20-28-16-17-41-23-28)12-15-35(25)29-6-2-26(3-7-29)19-33(21-37(47)30-8-4-27(22-40)5-9-30)39(48)44-34-13-10-31(11-14-34)38-42-24-43-45-38/h2-3,6-7,10-15,18,27-28,30,33,41H,4-5,8-9,16-17,19-24,40H2,1H3,(H,44,48)/t27?,28-,30?,33-/m1/s1. The lowest BCUT2D eigenvalue weighted by Crippen LogP contribution is -2.31. The summed E-state index contributed by atoms with van der Waals surface area (Å²) in [5.74, 6) is 1.16. The van der Waals surface area contributed by atoms with Crippen LogP contribution in [0.4, 0.5) is 5.69 Å². The van der Waals surface area contributed by atoms with Gasteiger partial charge >= 0.3 is 0 Å². The highest BCUT2D eigenvalue weighted by Crippen LogP contribution is 2.32. The van der Waals surface area contributed by atoms with Crippen molar-refractivity contribution in [2.45, 2.75) is 58.3 Å².